The summed E-state index contributed by atoms with van der Waals surface area (Å²) in [6, 6.07) is 10.8. The Kier molecular flexibility index (Phi) is 6.78. The van der Waals surface area contributed by atoms with Crippen molar-refractivity contribution in [3.63, 3.8) is 0 Å². The van der Waals surface area contributed by atoms with Gasteiger partial charge in [-0.25, -0.2) is 4.98 Å². The van der Waals surface area contributed by atoms with Crippen molar-refractivity contribution < 1.29 is 14.3 Å². The molecule has 1 heterocycles. The second-order valence-electron chi connectivity index (χ2n) is 5.79. The number of amides is 1. The van der Waals surface area contributed by atoms with Crippen LogP contribution in [0.3, 0.4) is 0 Å². The third-order valence-corrected chi connectivity index (χ3v) is 5.36. The van der Waals surface area contributed by atoms with Crippen molar-refractivity contribution in [2.75, 3.05) is 13.7 Å². The summed E-state index contributed by atoms with van der Waals surface area (Å²) in [7, 11) is 1.57. The number of nitrogens with zero attached hydrogens (tertiary/aromatic N) is 1. The summed E-state index contributed by atoms with van der Waals surface area (Å²) in [5.41, 5.74) is 2.07. The van der Waals surface area contributed by atoms with Gasteiger partial charge in [0.05, 0.1) is 7.11 Å². The maximum absolute atomic E-state index is 11.9. The second-order valence-corrected chi connectivity index (χ2v) is 7.49. The van der Waals surface area contributed by atoms with Crippen LogP contribution in [0.25, 0.3) is 10.6 Å². The van der Waals surface area contributed by atoms with Crippen LogP contribution in [0.15, 0.2) is 41.8 Å². The fourth-order valence-electron chi connectivity index (χ4n) is 2.48. The lowest BCUT2D eigenvalue weighted by molar-refractivity contribution is 0.0951. The maximum Gasteiger partial charge on any atom is 0.270 e. The van der Waals surface area contributed by atoms with Crippen LogP contribution in [0.5, 0.6) is 11.5 Å². The van der Waals surface area contributed by atoms with Crippen molar-refractivity contribution in [2.45, 2.75) is 13.5 Å². The van der Waals surface area contributed by atoms with Crippen molar-refractivity contribution in [1.29, 1.82) is 0 Å². The number of benzene rings is 2. The van der Waals surface area contributed by atoms with Gasteiger partial charge in [0, 0.05) is 33.1 Å². The van der Waals surface area contributed by atoms with Crippen LogP contribution in [-0.2, 0) is 6.61 Å². The standard InChI is InChI=1S/C20H18Cl2N2O3S/c1-3-23-19(25)16-11-28-20(24-16)12-5-7-17(18(8-12)26-2)27-10-13-4-6-14(21)9-15(13)22/h4-9,11H,3,10H2,1-2H3,(H,23,25). The van der Waals surface area contributed by atoms with Crippen molar-refractivity contribution in [3.05, 3.63) is 63.1 Å². The molecule has 0 bridgehead atoms. The van der Waals surface area contributed by atoms with Crippen molar-refractivity contribution in [3.8, 4) is 22.1 Å². The highest BCUT2D eigenvalue weighted by Crippen LogP contribution is 2.34. The van der Waals surface area contributed by atoms with E-state index >= 15 is 0 Å². The molecular weight excluding hydrogens is 419 g/mol. The van der Waals surface area contributed by atoms with Gasteiger partial charge in [0.15, 0.2) is 11.5 Å². The molecular formula is C20H18Cl2N2O3S. The second kappa shape index (κ2) is 9.28. The number of hydrogen-bond acceptors (Lipinski definition) is 5. The number of nitrogens with one attached hydrogen (secondary N) is 1. The van der Waals surface area contributed by atoms with Gasteiger partial charge in [-0.3, -0.25) is 4.79 Å². The van der Waals surface area contributed by atoms with Gasteiger partial charge in [-0.15, -0.1) is 11.3 Å². The Morgan fingerprint density at radius 2 is 2.00 bits per heavy atom. The molecule has 8 heteroatoms. The number of carbonyl (C=O) groups excluding carboxylic acids is 1. The molecule has 5 nitrogen and oxygen atoms in total. The van der Waals surface area contributed by atoms with E-state index in [2.05, 4.69) is 10.3 Å². The van der Waals surface area contributed by atoms with E-state index in [9.17, 15) is 4.79 Å². The topological polar surface area (TPSA) is 60.5 Å². The minimum absolute atomic E-state index is 0.184. The monoisotopic (exact) mass is 436 g/mol. The number of hydrogen-bond donors (Lipinski definition) is 1. The molecule has 0 saturated heterocycles. The summed E-state index contributed by atoms with van der Waals surface area (Å²) in [6.45, 7) is 2.71. The van der Waals surface area contributed by atoms with E-state index in [-0.39, 0.29) is 12.5 Å². The van der Waals surface area contributed by atoms with Gasteiger partial charge < -0.3 is 14.8 Å². The highest BCUT2D eigenvalue weighted by molar-refractivity contribution is 7.13. The lowest BCUT2D eigenvalue weighted by Crippen LogP contribution is -2.22. The van der Waals surface area contributed by atoms with Gasteiger partial charge >= 0.3 is 0 Å². The minimum Gasteiger partial charge on any atom is -0.493 e. The van der Waals surface area contributed by atoms with E-state index in [0.717, 1.165) is 16.1 Å². The predicted octanol–water partition coefficient (Wildman–Crippen LogP) is 5.45. The summed E-state index contributed by atoms with van der Waals surface area (Å²) < 4.78 is 11.3. The van der Waals surface area contributed by atoms with Crippen LogP contribution < -0.4 is 14.8 Å². The molecule has 1 aromatic heterocycles. The molecule has 0 aliphatic carbocycles. The molecule has 0 spiro atoms. The van der Waals surface area contributed by atoms with Crippen molar-refractivity contribution in [1.82, 2.24) is 10.3 Å². The van der Waals surface area contributed by atoms with Gasteiger partial charge in [-0.2, -0.15) is 0 Å². The van der Waals surface area contributed by atoms with Crippen LogP contribution in [0, 0.1) is 0 Å². The van der Waals surface area contributed by atoms with Gasteiger partial charge in [-0.05, 0) is 37.3 Å². The molecule has 0 aliphatic heterocycles. The molecule has 0 aliphatic rings. The lowest BCUT2D eigenvalue weighted by Gasteiger charge is -2.12. The van der Waals surface area contributed by atoms with E-state index in [0.29, 0.717) is 33.8 Å². The number of ether oxygens (including phenoxy) is 2. The normalized spacial score (nSPS) is 10.6. The summed E-state index contributed by atoms with van der Waals surface area (Å²) in [5, 5.41) is 6.32. The Hall–Kier alpha value is -2.28. The molecule has 0 fully saturated rings. The Morgan fingerprint density at radius 3 is 2.71 bits per heavy atom. The molecule has 28 heavy (non-hydrogen) atoms. The molecule has 0 unspecified atom stereocenters. The van der Waals surface area contributed by atoms with Crippen LogP contribution in [0.4, 0.5) is 0 Å². The predicted molar refractivity (Wildman–Crippen MR) is 113 cm³/mol. The maximum atomic E-state index is 11.9. The highest BCUT2D eigenvalue weighted by atomic mass is 35.5. The zero-order valence-corrected chi connectivity index (χ0v) is 17.6. The molecule has 0 radical (unpaired) electrons. The first-order valence-corrected chi connectivity index (χ1v) is 10.1. The van der Waals surface area contributed by atoms with Crippen LogP contribution >= 0.6 is 34.5 Å². The Balaban J connectivity index is 1.77. The summed E-state index contributed by atoms with van der Waals surface area (Å²) >= 11 is 13.5. The number of rotatable bonds is 7. The van der Waals surface area contributed by atoms with E-state index in [1.807, 2.05) is 31.2 Å². The van der Waals surface area contributed by atoms with Crippen molar-refractivity contribution in [2.24, 2.45) is 0 Å². The first-order valence-electron chi connectivity index (χ1n) is 8.50. The molecule has 1 amide bonds. The van der Waals surface area contributed by atoms with Gasteiger partial charge in [-0.1, -0.05) is 29.3 Å². The van der Waals surface area contributed by atoms with Gasteiger partial charge in [0.25, 0.3) is 5.91 Å². The summed E-state index contributed by atoms with van der Waals surface area (Å²) in [6.07, 6.45) is 0. The van der Waals surface area contributed by atoms with E-state index in [1.165, 1.54) is 11.3 Å². The summed E-state index contributed by atoms with van der Waals surface area (Å²) in [5.74, 6) is 0.965. The van der Waals surface area contributed by atoms with Crippen molar-refractivity contribution >= 4 is 40.4 Å². The zero-order chi connectivity index (χ0) is 20.1. The third-order valence-electron chi connectivity index (χ3n) is 3.88. The molecule has 0 atom stereocenters. The number of thiazole rings is 1. The van der Waals surface area contributed by atoms with Crippen LogP contribution in [0.1, 0.15) is 23.0 Å². The molecule has 3 rings (SSSR count). The van der Waals surface area contributed by atoms with Crippen LogP contribution in [0.2, 0.25) is 10.0 Å². The Bertz CT molecular complexity index is 991. The SMILES string of the molecule is CCNC(=O)c1csc(-c2ccc(OCc3ccc(Cl)cc3Cl)c(OC)c2)n1. The molecule has 0 saturated carbocycles. The number of aromatic nitrogens is 1. The number of halogens is 2. The quantitative estimate of drug-likeness (QED) is 0.534. The Morgan fingerprint density at radius 1 is 1.18 bits per heavy atom. The zero-order valence-electron chi connectivity index (χ0n) is 15.3. The number of carbonyl (C=O) groups is 1. The first-order chi connectivity index (χ1) is 13.5. The van der Waals surface area contributed by atoms with E-state index < -0.39 is 0 Å². The van der Waals surface area contributed by atoms with Gasteiger partial charge in [0.2, 0.25) is 0 Å². The van der Waals surface area contributed by atoms with Crippen LogP contribution in [-0.4, -0.2) is 24.5 Å². The molecule has 3 aromatic rings. The lowest BCUT2D eigenvalue weighted by atomic mass is 10.2. The highest BCUT2D eigenvalue weighted by Gasteiger charge is 2.14. The smallest absolute Gasteiger partial charge is 0.270 e. The summed E-state index contributed by atoms with van der Waals surface area (Å²) in [4.78, 5) is 16.3. The minimum atomic E-state index is -0.184. The van der Waals surface area contributed by atoms with E-state index in [4.69, 9.17) is 32.7 Å². The molecule has 1 N–H and O–H groups in total. The molecule has 2 aromatic carbocycles. The third kappa shape index (κ3) is 4.76. The largest absolute Gasteiger partial charge is 0.493 e. The first kappa shape index (κ1) is 20.5. The average Bonchev–Trinajstić information content (AvgIpc) is 3.18. The van der Waals surface area contributed by atoms with Gasteiger partial charge in [0.1, 0.15) is 17.3 Å². The average molecular weight is 437 g/mol. The Labute approximate surface area is 177 Å². The fourth-order valence-corrected chi connectivity index (χ4v) is 3.74. The van der Waals surface area contributed by atoms with E-state index in [1.54, 1.807) is 24.6 Å². The fraction of sp³-hybridized carbons (Fsp3) is 0.200. The molecule has 146 valence electrons. The number of methoxy groups -OCH3 is 1.